The quantitative estimate of drug-likeness (QED) is 0.126. The van der Waals surface area contributed by atoms with Gasteiger partial charge in [0, 0.05) is 12.6 Å². The van der Waals surface area contributed by atoms with Crippen molar-refractivity contribution in [1.82, 2.24) is 4.90 Å². The maximum Gasteiger partial charge on any atom is 0.200 e. The Bertz CT molecular complexity index is 1150. The molecule has 42 heavy (non-hydrogen) atoms. The summed E-state index contributed by atoms with van der Waals surface area (Å²) >= 11 is 0. The Morgan fingerprint density at radius 1 is 0.738 bits per heavy atom. The lowest BCUT2D eigenvalue weighted by molar-refractivity contribution is -0.0958. The molecule has 0 saturated carbocycles. The van der Waals surface area contributed by atoms with Crippen molar-refractivity contribution in [2.24, 2.45) is 0 Å². The van der Waals surface area contributed by atoms with Crippen LogP contribution in [0.3, 0.4) is 0 Å². The van der Waals surface area contributed by atoms with Gasteiger partial charge >= 0.3 is 0 Å². The minimum atomic E-state index is -2.21. The largest absolute Gasteiger partial charge is 0.414 e. The van der Waals surface area contributed by atoms with Crippen molar-refractivity contribution in [1.29, 1.82) is 0 Å². The summed E-state index contributed by atoms with van der Waals surface area (Å²) in [5, 5.41) is 11.5. The van der Waals surface area contributed by atoms with Gasteiger partial charge in [-0.05, 0) is 40.2 Å². The molecule has 0 saturated heterocycles. The van der Waals surface area contributed by atoms with Crippen molar-refractivity contribution in [2.45, 2.75) is 103 Å². The first-order chi connectivity index (χ1) is 20.1. The lowest BCUT2D eigenvalue weighted by atomic mass is 9.98. The van der Waals surface area contributed by atoms with Crippen LogP contribution in [0, 0.1) is 0 Å². The van der Waals surface area contributed by atoms with Crippen LogP contribution < -0.4 is 0 Å². The third-order valence-electron chi connectivity index (χ3n) is 8.87. The fraction of sp³-hybridized carbons (Fsp3) is 0.459. The first-order valence-electron chi connectivity index (χ1n) is 15.6. The number of ether oxygens (including phenoxy) is 1. The number of aliphatic hydroxyl groups excluding tert-OH is 1. The maximum atomic E-state index is 11.5. The van der Waals surface area contributed by atoms with Gasteiger partial charge in [0.05, 0.1) is 25.4 Å². The Hall–Kier alpha value is -2.54. The molecule has 0 aliphatic heterocycles. The maximum absolute atomic E-state index is 11.5. The summed E-state index contributed by atoms with van der Waals surface area (Å²) in [6, 6.07) is 31.1. The Kier molecular flexibility index (Phi) is 13.2. The van der Waals surface area contributed by atoms with E-state index in [1.54, 1.807) is 6.08 Å². The summed E-state index contributed by atoms with van der Waals surface area (Å²) in [6.07, 6.45) is 0.196. The SMILES string of the molecule is C=C[C@H](O)[C@H](OCc1ccccc1)[C@@H](CO[Si](C(C)C)(C(C)C)C(C)C)N(Cc1ccccc1)[C@H](C)c1ccccc1. The van der Waals surface area contributed by atoms with E-state index in [-0.39, 0.29) is 12.1 Å². The van der Waals surface area contributed by atoms with Crippen LogP contribution in [0.1, 0.15) is 71.2 Å². The molecule has 3 rings (SSSR count). The van der Waals surface area contributed by atoms with Gasteiger partial charge in [0.1, 0.15) is 6.10 Å². The molecule has 3 aromatic rings. The molecule has 3 aromatic carbocycles. The van der Waals surface area contributed by atoms with Gasteiger partial charge in [-0.2, -0.15) is 0 Å². The highest BCUT2D eigenvalue weighted by atomic mass is 28.4. The van der Waals surface area contributed by atoms with E-state index < -0.39 is 20.5 Å². The summed E-state index contributed by atoms with van der Waals surface area (Å²) in [5.74, 6) is 0. The average molecular weight is 588 g/mol. The van der Waals surface area contributed by atoms with Gasteiger partial charge in [0.2, 0.25) is 0 Å². The zero-order valence-corrected chi connectivity index (χ0v) is 27.8. The van der Waals surface area contributed by atoms with E-state index >= 15 is 0 Å². The zero-order chi connectivity index (χ0) is 30.7. The predicted octanol–water partition coefficient (Wildman–Crippen LogP) is 8.94. The predicted molar refractivity (Wildman–Crippen MR) is 179 cm³/mol. The number of rotatable bonds is 17. The van der Waals surface area contributed by atoms with E-state index in [0.29, 0.717) is 36.4 Å². The molecule has 0 aromatic heterocycles. The molecule has 0 spiro atoms. The van der Waals surface area contributed by atoms with E-state index in [4.69, 9.17) is 9.16 Å². The molecule has 0 amide bonds. The third kappa shape index (κ3) is 8.52. The highest BCUT2D eigenvalue weighted by Gasteiger charge is 2.47. The van der Waals surface area contributed by atoms with Crippen molar-refractivity contribution < 1.29 is 14.3 Å². The minimum Gasteiger partial charge on any atom is -0.414 e. The van der Waals surface area contributed by atoms with Crippen LogP contribution in [0.15, 0.2) is 104 Å². The molecule has 0 unspecified atom stereocenters. The monoisotopic (exact) mass is 587 g/mol. The highest BCUT2D eigenvalue weighted by Crippen LogP contribution is 2.43. The highest BCUT2D eigenvalue weighted by molar-refractivity contribution is 6.77. The Labute approximate surface area is 256 Å². The normalized spacial score (nSPS) is 15.2. The van der Waals surface area contributed by atoms with Crippen molar-refractivity contribution in [3.05, 3.63) is 120 Å². The molecule has 0 fully saturated rings. The minimum absolute atomic E-state index is 0.0491. The fourth-order valence-corrected chi connectivity index (χ4v) is 12.2. The first-order valence-corrected chi connectivity index (χ1v) is 17.7. The average Bonchev–Trinajstić information content (AvgIpc) is 2.99. The molecular weight excluding hydrogens is 534 g/mol. The summed E-state index contributed by atoms with van der Waals surface area (Å²) in [6.45, 7) is 21.7. The van der Waals surface area contributed by atoms with Gasteiger partial charge in [0.15, 0.2) is 8.32 Å². The standard InChI is InChI=1S/C37H53NO3Si/c1-9-36(39)37(40-26-33-21-15-11-16-22-33)35(27-41-42(28(2)3,29(4)5)30(6)7)38(25-32-19-13-10-14-20-32)31(8)34-23-17-12-18-24-34/h9-24,28-31,35-37,39H,1,25-27H2,2-8H3/t31-,35-,36+,37-/m1/s1. The number of hydrogen-bond donors (Lipinski definition) is 1. The van der Waals surface area contributed by atoms with Crippen molar-refractivity contribution in [2.75, 3.05) is 6.61 Å². The molecule has 0 radical (unpaired) electrons. The number of benzene rings is 3. The molecule has 5 heteroatoms. The summed E-state index contributed by atoms with van der Waals surface area (Å²) in [4.78, 5) is 2.47. The smallest absolute Gasteiger partial charge is 0.200 e. The number of nitrogens with zero attached hydrogens (tertiary/aromatic N) is 1. The zero-order valence-electron chi connectivity index (χ0n) is 26.8. The van der Waals surface area contributed by atoms with Crippen LogP contribution in [0.25, 0.3) is 0 Å². The second-order valence-corrected chi connectivity index (χ2v) is 17.9. The topological polar surface area (TPSA) is 41.9 Å². The Morgan fingerprint density at radius 3 is 1.69 bits per heavy atom. The third-order valence-corrected chi connectivity index (χ3v) is 14.9. The van der Waals surface area contributed by atoms with E-state index in [9.17, 15) is 5.11 Å². The summed E-state index contributed by atoms with van der Waals surface area (Å²) in [5.41, 5.74) is 4.83. The van der Waals surface area contributed by atoms with Gasteiger partial charge in [-0.15, -0.1) is 6.58 Å². The lowest BCUT2D eigenvalue weighted by Crippen LogP contribution is -2.56. The van der Waals surface area contributed by atoms with E-state index in [1.807, 2.05) is 18.2 Å². The molecule has 0 aliphatic carbocycles. The van der Waals surface area contributed by atoms with Crippen LogP contribution in [0.4, 0.5) is 0 Å². The van der Waals surface area contributed by atoms with E-state index in [0.717, 1.165) is 5.56 Å². The Balaban J connectivity index is 2.12. The van der Waals surface area contributed by atoms with Gasteiger partial charge < -0.3 is 14.3 Å². The van der Waals surface area contributed by atoms with Gasteiger partial charge in [-0.25, -0.2) is 0 Å². The fourth-order valence-electron chi connectivity index (χ4n) is 6.71. The second kappa shape index (κ2) is 16.3. The van der Waals surface area contributed by atoms with Crippen molar-refractivity contribution in [3.8, 4) is 0 Å². The number of hydrogen-bond acceptors (Lipinski definition) is 4. The van der Waals surface area contributed by atoms with Crippen LogP contribution in [-0.4, -0.2) is 43.2 Å². The van der Waals surface area contributed by atoms with Gasteiger partial charge in [0.25, 0.3) is 0 Å². The molecule has 4 atom stereocenters. The molecule has 228 valence electrons. The first kappa shape index (κ1) is 34.0. The van der Waals surface area contributed by atoms with Gasteiger partial charge in [-0.1, -0.05) is 139 Å². The molecule has 4 nitrogen and oxygen atoms in total. The molecule has 1 N–H and O–H groups in total. The molecular formula is C37H53NO3Si. The molecule has 0 heterocycles. The van der Waals surface area contributed by atoms with Crippen LogP contribution in [0.5, 0.6) is 0 Å². The van der Waals surface area contributed by atoms with E-state index in [2.05, 4.69) is 133 Å². The second-order valence-electron chi connectivity index (χ2n) is 12.4. The van der Waals surface area contributed by atoms with Crippen LogP contribution in [-0.2, 0) is 22.3 Å². The van der Waals surface area contributed by atoms with Crippen LogP contribution in [0.2, 0.25) is 16.6 Å². The number of aliphatic hydroxyl groups is 1. The van der Waals surface area contributed by atoms with Crippen molar-refractivity contribution in [3.63, 3.8) is 0 Å². The van der Waals surface area contributed by atoms with Crippen LogP contribution >= 0.6 is 0 Å². The molecule has 0 bridgehead atoms. The molecule has 0 aliphatic rings. The van der Waals surface area contributed by atoms with Crippen molar-refractivity contribution >= 4 is 8.32 Å². The lowest BCUT2D eigenvalue weighted by Gasteiger charge is -2.47. The van der Waals surface area contributed by atoms with Gasteiger partial charge in [-0.3, -0.25) is 4.90 Å². The Morgan fingerprint density at radius 2 is 1.21 bits per heavy atom. The summed E-state index contributed by atoms with van der Waals surface area (Å²) in [7, 11) is -2.21. The summed E-state index contributed by atoms with van der Waals surface area (Å²) < 4.78 is 13.9. The van der Waals surface area contributed by atoms with E-state index in [1.165, 1.54) is 11.1 Å².